The number of thioether (sulfide) groups is 2. The second-order valence-electron chi connectivity index (χ2n) is 7.02. The zero-order chi connectivity index (χ0) is 23.0. The Bertz CT molecular complexity index is 1120. The summed E-state index contributed by atoms with van der Waals surface area (Å²) in [5.74, 6) is -2.15. The minimum absolute atomic E-state index is 0. The molecule has 0 aromatic carbocycles. The molecule has 2 aliphatic rings. The van der Waals surface area contributed by atoms with Crippen LogP contribution in [0.1, 0.15) is 26.3 Å². The monoisotopic (exact) mass is 548 g/mol. The fourth-order valence-electron chi connectivity index (χ4n) is 3.29. The third kappa shape index (κ3) is 5.65. The molecule has 1 fully saturated rings. The van der Waals surface area contributed by atoms with Gasteiger partial charge in [-0.05, 0) is 34.9 Å². The molecule has 0 aliphatic carbocycles. The van der Waals surface area contributed by atoms with Crippen molar-refractivity contribution in [2.45, 2.75) is 24.4 Å². The molecule has 2 aliphatic heterocycles. The van der Waals surface area contributed by atoms with Gasteiger partial charge in [0.25, 0.3) is 5.91 Å². The molecule has 33 heavy (non-hydrogen) atoms. The van der Waals surface area contributed by atoms with Gasteiger partial charge in [-0.15, -0.1) is 23.1 Å². The standard InChI is InChI=1S/C19H18N4O5S4.K/c1-8-4-21-15(32-8)19(28)31-7-10-6-30-17-12(16(25)23(17)13(10)18(26)27)22-14(24)11(20)9-2-3-29-5-9;/h2-5,11-12,17H,6-7,20H2,1H3,(H,22,24)(H,26,27);/q;+1/p-1/t11?,12?,17-;/m1./s1. The van der Waals surface area contributed by atoms with E-state index >= 15 is 0 Å². The molecule has 2 unspecified atom stereocenters. The molecule has 3 N–H and O–H groups in total. The number of rotatable bonds is 7. The summed E-state index contributed by atoms with van der Waals surface area (Å²) in [6.45, 7) is 1.84. The van der Waals surface area contributed by atoms with Crippen molar-refractivity contribution >= 4 is 69.1 Å². The second kappa shape index (κ2) is 11.5. The number of β-lactam (4-membered cyclic amide) rings is 1. The van der Waals surface area contributed by atoms with E-state index in [0.29, 0.717) is 16.1 Å². The van der Waals surface area contributed by atoms with E-state index in [-0.39, 0.29) is 73.7 Å². The molecule has 4 rings (SSSR count). The van der Waals surface area contributed by atoms with Crippen molar-refractivity contribution in [2.24, 2.45) is 5.73 Å². The van der Waals surface area contributed by atoms with E-state index in [0.717, 1.165) is 21.5 Å². The zero-order valence-corrected chi connectivity index (χ0v) is 24.0. The molecule has 3 atom stereocenters. The van der Waals surface area contributed by atoms with Gasteiger partial charge in [-0.1, -0.05) is 11.8 Å². The number of nitrogens with zero attached hydrogens (tertiary/aromatic N) is 2. The van der Waals surface area contributed by atoms with Crippen LogP contribution < -0.4 is 67.5 Å². The number of nitrogens with two attached hydrogens (primary N) is 1. The summed E-state index contributed by atoms with van der Waals surface area (Å²) in [7, 11) is 0. The molecular formula is C19H17KN4O5S4. The number of carbonyl (C=O) groups is 4. The number of hydrogen-bond donors (Lipinski definition) is 2. The van der Waals surface area contributed by atoms with E-state index < -0.39 is 35.2 Å². The smallest absolute Gasteiger partial charge is 0.543 e. The number of carboxylic acids is 1. The molecular weight excluding hydrogens is 532 g/mol. The number of thiazole rings is 1. The van der Waals surface area contributed by atoms with Crippen molar-refractivity contribution in [1.29, 1.82) is 0 Å². The van der Waals surface area contributed by atoms with Crippen molar-refractivity contribution < 1.29 is 75.7 Å². The Morgan fingerprint density at radius 1 is 1.42 bits per heavy atom. The van der Waals surface area contributed by atoms with Crippen molar-refractivity contribution in [3.8, 4) is 0 Å². The van der Waals surface area contributed by atoms with Crippen LogP contribution in [-0.4, -0.2) is 55.7 Å². The van der Waals surface area contributed by atoms with Gasteiger partial charge in [0, 0.05) is 22.6 Å². The Morgan fingerprint density at radius 3 is 2.79 bits per heavy atom. The third-order valence-electron chi connectivity index (χ3n) is 4.90. The maximum Gasteiger partial charge on any atom is 1.00 e. The molecule has 2 aromatic rings. The van der Waals surface area contributed by atoms with Crippen LogP contribution in [0.25, 0.3) is 0 Å². The molecule has 0 bridgehead atoms. The minimum atomic E-state index is -1.49. The predicted octanol–water partition coefficient (Wildman–Crippen LogP) is -2.51. The molecule has 2 aromatic heterocycles. The molecule has 14 heteroatoms. The van der Waals surface area contributed by atoms with Crippen molar-refractivity contribution in [3.63, 3.8) is 0 Å². The van der Waals surface area contributed by atoms with Crippen LogP contribution in [0.3, 0.4) is 0 Å². The van der Waals surface area contributed by atoms with Crippen molar-refractivity contribution in [2.75, 3.05) is 11.5 Å². The Kier molecular flexibility index (Phi) is 9.39. The number of aromatic nitrogens is 1. The van der Waals surface area contributed by atoms with Crippen LogP contribution in [0.5, 0.6) is 0 Å². The summed E-state index contributed by atoms with van der Waals surface area (Å²) in [6, 6.07) is -0.0602. The van der Waals surface area contributed by atoms with Gasteiger partial charge in [-0.2, -0.15) is 11.3 Å². The Morgan fingerprint density at radius 2 is 2.18 bits per heavy atom. The van der Waals surface area contributed by atoms with Gasteiger partial charge in [0.15, 0.2) is 5.01 Å². The van der Waals surface area contributed by atoms with Crippen LogP contribution in [0.2, 0.25) is 0 Å². The molecule has 2 amide bonds. The Balaban J connectivity index is 0.00000306. The van der Waals surface area contributed by atoms with Gasteiger partial charge in [0.2, 0.25) is 11.0 Å². The first-order chi connectivity index (χ1) is 15.3. The van der Waals surface area contributed by atoms with E-state index in [4.69, 9.17) is 5.73 Å². The number of amides is 2. The molecule has 0 radical (unpaired) electrons. The van der Waals surface area contributed by atoms with E-state index in [2.05, 4.69) is 10.3 Å². The van der Waals surface area contributed by atoms with Crippen molar-refractivity contribution in [1.82, 2.24) is 15.2 Å². The quantitative estimate of drug-likeness (QED) is 0.283. The summed E-state index contributed by atoms with van der Waals surface area (Å²) in [5, 5.41) is 17.5. The van der Waals surface area contributed by atoms with Gasteiger partial charge >= 0.3 is 51.4 Å². The number of carboxylic acid groups (broad SMARTS) is 1. The maximum atomic E-state index is 12.7. The van der Waals surface area contributed by atoms with Crippen LogP contribution >= 0.6 is 46.2 Å². The maximum absolute atomic E-state index is 12.7. The van der Waals surface area contributed by atoms with E-state index in [1.807, 2.05) is 6.92 Å². The number of nitrogens with one attached hydrogen (secondary N) is 1. The fourth-order valence-corrected chi connectivity index (χ4v) is 7.09. The molecule has 0 saturated carbocycles. The fraction of sp³-hybridized carbons (Fsp3) is 0.316. The zero-order valence-electron chi connectivity index (χ0n) is 17.6. The number of fused-ring (bicyclic) bond motifs is 1. The van der Waals surface area contributed by atoms with E-state index in [1.54, 1.807) is 23.0 Å². The first kappa shape index (κ1) is 27.0. The Labute approximate surface area is 248 Å². The molecule has 168 valence electrons. The van der Waals surface area contributed by atoms with Crippen LogP contribution in [0.15, 0.2) is 34.3 Å². The average Bonchev–Trinajstić information content (AvgIpc) is 3.46. The molecule has 9 nitrogen and oxygen atoms in total. The average molecular weight is 549 g/mol. The first-order valence-electron chi connectivity index (χ1n) is 9.33. The number of carbonyl (C=O) groups excluding carboxylic acids is 4. The van der Waals surface area contributed by atoms with Crippen molar-refractivity contribution in [3.05, 3.63) is 49.7 Å². The van der Waals surface area contributed by atoms with E-state index in [1.165, 1.54) is 34.4 Å². The summed E-state index contributed by atoms with van der Waals surface area (Å²) in [4.78, 5) is 55.4. The molecule has 1 saturated heterocycles. The summed E-state index contributed by atoms with van der Waals surface area (Å²) in [6.07, 6.45) is 1.60. The Hall–Kier alpha value is -0.554. The van der Waals surface area contributed by atoms with Gasteiger partial charge in [0.05, 0.1) is 11.7 Å². The summed E-state index contributed by atoms with van der Waals surface area (Å²) < 4.78 is 0. The number of aryl methyl sites for hydroxylation is 1. The van der Waals surface area contributed by atoms with Crippen LogP contribution in [-0.2, 0) is 14.4 Å². The van der Waals surface area contributed by atoms with Gasteiger partial charge < -0.3 is 21.0 Å². The third-order valence-corrected chi connectivity index (χ3v) is 8.93. The first-order valence-corrected chi connectivity index (χ1v) is 13.1. The SMILES string of the molecule is Cc1cnc(C(=O)SCC2=C(C(=O)[O-])N3C(=O)C(NC(=O)C(N)c4ccsc4)[C@H]3SC2)s1.[K+]. The number of hydrogen-bond acceptors (Lipinski definition) is 11. The largest absolute Gasteiger partial charge is 1.00 e. The van der Waals surface area contributed by atoms with Gasteiger partial charge in [-0.3, -0.25) is 19.3 Å². The normalized spacial score (nSPS) is 20.4. The number of thiophene rings is 1. The van der Waals surface area contributed by atoms with Crippen LogP contribution in [0.4, 0.5) is 0 Å². The summed E-state index contributed by atoms with van der Waals surface area (Å²) in [5.41, 5.74) is 6.78. The molecule has 0 spiro atoms. The topological polar surface area (TPSA) is 146 Å². The van der Waals surface area contributed by atoms with Crippen LogP contribution in [0, 0.1) is 6.92 Å². The predicted molar refractivity (Wildman–Crippen MR) is 122 cm³/mol. The number of aliphatic carboxylic acids is 1. The minimum Gasteiger partial charge on any atom is -0.543 e. The molecule has 4 heterocycles. The second-order valence-corrected chi connectivity index (χ2v) is 11.1. The van der Waals surface area contributed by atoms with Gasteiger partial charge in [-0.25, -0.2) is 4.98 Å². The van der Waals surface area contributed by atoms with E-state index in [9.17, 15) is 24.3 Å². The van der Waals surface area contributed by atoms with Gasteiger partial charge in [0.1, 0.15) is 17.5 Å². The summed E-state index contributed by atoms with van der Waals surface area (Å²) >= 11 is 4.93.